The fourth-order valence-electron chi connectivity index (χ4n) is 4.40. The first-order valence-corrected chi connectivity index (χ1v) is 10.8. The Morgan fingerprint density at radius 1 is 1.18 bits per heavy atom. The van der Waals surface area contributed by atoms with Crippen molar-refractivity contribution in [3.05, 3.63) is 47.6 Å². The predicted octanol–water partition coefficient (Wildman–Crippen LogP) is 1.78. The van der Waals surface area contributed by atoms with E-state index in [2.05, 4.69) is 15.0 Å². The van der Waals surface area contributed by atoms with Crippen molar-refractivity contribution in [3.8, 4) is 0 Å². The van der Waals surface area contributed by atoms with Crippen LogP contribution < -0.4 is 0 Å². The van der Waals surface area contributed by atoms with Crippen molar-refractivity contribution >= 4 is 32.8 Å². The summed E-state index contributed by atoms with van der Waals surface area (Å²) >= 11 is 6.10. The van der Waals surface area contributed by atoms with Crippen LogP contribution in [0.25, 0.3) is 11.2 Å². The Bertz CT molecular complexity index is 1160. The van der Waals surface area contributed by atoms with Gasteiger partial charge in [0.2, 0.25) is 10.0 Å². The van der Waals surface area contributed by atoms with Crippen molar-refractivity contribution < 1.29 is 13.5 Å². The molecule has 3 aromatic rings. The summed E-state index contributed by atoms with van der Waals surface area (Å²) in [6, 6.07) is 6.19. The second kappa shape index (κ2) is 6.21. The lowest BCUT2D eigenvalue weighted by Gasteiger charge is -2.21. The number of imidazole rings is 1. The number of aromatic nitrogens is 4. The standard InChI is InChI=1S/C18H18ClN5O3S/c1-10-2-4-12(5-3-10)28(26,27)24-15-11(7-25)6-13(16(15)24)23-9-22-14-17(19)20-8-21-18(14)23/h2-5,8-9,11,13,15-16,25H,6-7H2,1H3/t11-,13-,15-,16+,24?/m0/s1. The average Bonchev–Trinajstić information content (AvgIpc) is 3.09. The van der Waals surface area contributed by atoms with Crippen LogP contribution in [-0.4, -0.2) is 56.0 Å². The lowest BCUT2D eigenvalue weighted by molar-refractivity contribution is 0.206. The third-order valence-corrected chi connectivity index (χ3v) is 7.96. The molecule has 1 aromatic carbocycles. The molecule has 1 N–H and O–H groups in total. The second-order valence-corrected chi connectivity index (χ2v) is 9.56. The number of aliphatic hydroxyl groups is 1. The number of halogens is 1. The van der Waals surface area contributed by atoms with E-state index in [1.54, 1.807) is 30.6 Å². The summed E-state index contributed by atoms with van der Waals surface area (Å²) in [5.74, 6) is -0.134. The number of fused-ring (bicyclic) bond motifs is 2. The van der Waals surface area contributed by atoms with Crippen LogP contribution in [0.1, 0.15) is 18.0 Å². The van der Waals surface area contributed by atoms with Gasteiger partial charge in [0, 0.05) is 18.6 Å². The molecule has 1 saturated heterocycles. The monoisotopic (exact) mass is 419 g/mol. The van der Waals surface area contributed by atoms with Crippen LogP contribution in [0.4, 0.5) is 0 Å². The largest absolute Gasteiger partial charge is 0.396 e. The first-order chi connectivity index (χ1) is 13.4. The van der Waals surface area contributed by atoms with E-state index in [0.717, 1.165) is 5.56 Å². The van der Waals surface area contributed by atoms with Crippen LogP contribution in [0, 0.1) is 12.8 Å². The van der Waals surface area contributed by atoms with E-state index >= 15 is 0 Å². The van der Waals surface area contributed by atoms with Gasteiger partial charge in [-0.25, -0.2) is 23.4 Å². The molecule has 1 aliphatic carbocycles. The van der Waals surface area contributed by atoms with E-state index < -0.39 is 10.0 Å². The molecule has 1 unspecified atom stereocenters. The maximum absolute atomic E-state index is 13.2. The summed E-state index contributed by atoms with van der Waals surface area (Å²) in [5.41, 5.74) is 2.06. The number of rotatable bonds is 4. The van der Waals surface area contributed by atoms with Gasteiger partial charge in [-0.1, -0.05) is 29.3 Å². The molecule has 28 heavy (non-hydrogen) atoms. The quantitative estimate of drug-likeness (QED) is 0.511. The third kappa shape index (κ3) is 2.50. The Labute approximate surface area is 166 Å². The molecule has 0 amide bonds. The molecule has 0 spiro atoms. The minimum absolute atomic E-state index is 0.0695. The number of piperidine rings is 1. The highest BCUT2D eigenvalue weighted by Crippen LogP contribution is 2.55. The van der Waals surface area contributed by atoms with Gasteiger partial charge in [0.15, 0.2) is 10.8 Å². The maximum atomic E-state index is 13.2. The van der Waals surface area contributed by atoms with Gasteiger partial charge < -0.3 is 9.67 Å². The molecule has 2 fully saturated rings. The summed E-state index contributed by atoms with van der Waals surface area (Å²) in [6.07, 6.45) is 3.65. The van der Waals surface area contributed by atoms with E-state index in [4.69, 9.17) is 11.6 Å². The number of hydrogen-bond donors (Lipinski definition) is 1. The summed E-state index contributed by atoms with van der Waals surface area (Å²) in [6.45, 7) is 1.84. The highest BCUT2D eigenvalue weighted by Gasteiger charge is 2.66. The molecule has 10 heteroatoms. The molecule has 5 rings (SSSR count). The van der Waals surface area contributed by atoms with Crippen LogP contribution in [0.15, 0.2) is 41.8 Å². The van der Waals surface area contributed by atoms with Crippen molar-refractivity contribution in [3.63, 3.8) is 0 Å². The number of nitrogens with zero attached hydrogens (tertiary/aromatic N) is 5. The molecule has 5 atom stereocenters. The number of sulfonamides is 1. The van der Waals surface area contributed by atoms with Crippen molar-refractivity contribution in [2.75, 3.05) is 6.61 Å². The van der Waals surface area contributed by atoms with Crippen LogP contribution in [0.3, 0.4) is 0 Å². The van der Waals surface area contributed by atoms with E-state index in [-0.39, 0.29) is 40.7 Å². The van der Waals surface area contributed by atoms with Crippen LogP contribution in [-0.2, 0) is 10.0 Å². The minimum atomic E-state index is -3.64. The molecule has 1 aliphatic heterocycles. The van der Waals surface area contributed by atoms with Gasteiger partial charge in [-0.05, 0) is 25.5 Å². The van der Waals surface area contributed by atoms with E-state index in [0.29, 0.717) is 17.6 Å². The molecular weight excluding hydrogens is 402 g/mol. The van der Waals surface area contributed by atoms with Crippen molar-refractivity contribution in [1.29, 1.82) is 0 Å². The Kier molecular flexibility index (Phi) is 3.99. The SMILES string of the molecule is Cc1ccc(S(=O)(=O)N2[C@H]3[C@H](CO)C[C@H](n4cnc5c(Cl)ncnc54)[C@H]32)cc1. The van der Waals surface area contributed by atoms with E-state index in [9.17, 15) is 13.5 Å². The molecular formula is C18H18ClN5O3S. The van der Waals surface area contributed by atoms with Gasteiger partial charge in [-0.2, -0.15) is 4.31 Å². The molecule has 2 aliphatic rings. The van der Waals surface area contributed by atoms with Crippen molar-refractivity contribution in [2.24, 2.45) is 5.92 Å². The molecule has 146 valence electrons. The normalized spacial score (nSPS) is 29.2. The van der Waals surface area contributed by atoms with Crippen LogP contribution in [0.2, 0.25) is 5.15 Å². The first-order valence-electron chi connectivity index (χ1n) is 8.97. The van der Waals surface area contributed by atoms with Gasteiger partial charge in [0.1, 0.15) is 11.8 Å². The van der Waals surface area contributed by atoms with Crippen LogP contribution in [0.5, 0.6) is 0 Å². The Hall–Kier alpha value is -2.07. The zero-order chi connectivity index (χ0) is 19.6. The molecule has 3 heterocycles. The Morgan fingerprint density at radius 3 is 2.64 bits per heavy atom. The highest BCUT2D eigenvalue weighted by molar-refractivity contribution is 7.89. The van der Waals surface area contributed by atoms with Crippen molar-refractivity contribution in [2.45, 2.75) is 36.4 Å². The third-order valence-electron chi connectivity index (χ3n) is 5.77. The smallest absolute Gasteiger partial charge is 0.243 e. The minimum Gasteiger partial charge on any atom is -0.396 e. The van der Waals surface area contributed by atoms with E-state index in [1.165, 1.54) is 10.6 Å². The first kappa shape index (κ1) is 18.0. The highest BCUT2D eigenvalue weighted by atomic mass is 35.5. The van der Waals surface area contributed by atoms with Gasteiger partial charge in [-0.15, -0.1) is 0 Å². The summed E-state index contributed by atoms with van der Waals surface area (Å²) in [7, 11) is -3.64. The van der Waals surface area contributed by atoms with E-state index in [1.807, 2.05) is 11.5 Å². The second-order valence-electron chi connectivity index (χ2n) is 7.36. The van der Waals surface area contributed by atoms with Gasteiger partial charge in [0.25, 0.3) is 0 Å². The van der Waals surface area contributed by atoms with Crippen molar-refractivity contribution in [1.82, 2.24) is 23.8 Å². The summed E-state index contributed by atoms with van der Waals surface area (Å²) in [5, 5.41) is 10.1. The van der Waals surface area contributed by atoms with Crippen LogP contribution >= 0.6 is 11.6 Å². The Balaban J connectivity index is 1.54. The molecule has 0 radical (unpaired) electrons. The number of aliphatic hydroxyl groups excluding tert-OH is 1. The maximum Gasteiger partial charge on any atom is 0.243 e. The number of hydrogen-bond acceptors (Lipinski definition) is 6. The summed E-state index contributed by atoms with van der Waals surface area (Å²) < 4.78 is 29.7. The number of aryl methyl sites for hydroxylation is 1. The topological polar surface area (TPSA) is 101 Å². The molecule has 1 saturated carbocycles. The zero-order valence-corrected chi connectivity index (χ0v) is 16.5. The van der Waals surface area contributed by atoms with Gasteiger partial charge in [0.05, 0.1) is 23.3 Å². The summed E-state index contributed by atoms with van der Waals surface area (Å²) in [4.78, 5) is 12.8. The number of benzene rings is 1. The molecule has 8 nitrogen and oxygen atoms in total. The fraction of sp³-hybridized carbons (Fsp3) is 0.389. The lowest BCUT2D eigenvalue weighted by atomic mass is 10.1. The van der Waals surface area contributed by atoms with Gasteiger partial charge >= 0.3 is 0 Å². The van der Waals surface area contributed by atoms with Gasteiger partial charge in [-0.3, -0.25) is 0 Å². The molecule has 0 bridgehead atoms. The lowest BCUT2D eigenvalue weighted by Crippen LogP contribution is -2.27. The predicted molar refractivity (Wildman–Crippen MR) is 102 cm³/mol. The fourth-order valence-corrected chi connectivity index (χ4v) is 6.45. The zero-order valence-electron chi connectivity index (χ0n) is 15.0. The Morgan fingerprint density at radius 2 is 1.93 bits per heavy atom. The average molecular weight is 420 g/mol. The molecule has 2 aromatic heterocycles.